The maximum Gasteiger partial charge on any atom is 0.297 e. The molecule has 0 amide bonds. The molecule has 0 fully saturated rings. The van der Waals surface area contributed by atoms with Crippen molar-refractivity contribution < 1.29 is 12.6 Å². The number of hydrogen-bond donors (Lipinski definition) is 0. The third-order valence-electron chi connectivity index (χ3n) is 2.59. The van der Waals surface area contributed by atoms with Gasteiger partial charge in [0.15, 0.2) is 0 Å². The Morgan fingerprint density at radius 1 is 0.947 bits per heavy atom. The van der Waals surface area contributed by atoms with Gasteiger partial charge in [-0.1, -0.05) is 64.5 Å². The predicted octanol–water partition coefficient (Wildman–Crippen LogP) is 3.53. The van der Waals surface area contributed by atoms with Crippen molar-refractivity contribution in [3.05, 3.63) is 66.2 Å². The number of hydrogen-bond acceptors (Lipinski definition) is 3. The lowest BCUT2D eigenvalue weighted by molar-refractivity contribution is 0.240. The van der Waals surface area contributed by atoms with E-state index in [1.165, 1.54) is 12.1 Å². The summed E-state index contributed by atoms with van der Waals surface area (Å²) in [4.78, 5) is 0.164. The molecule has 1 unspecified atom stereocenters. The highest BCUT2D eigenvalue weighted by Crippen LogP contribution is 2.25. The molecule has 0 N–H and O–H groups in total. The molecule has 2 rings (SSSR count). The third kappa shape index (κ3) is 3.65. The van der Waals surface area contributed by atoms with Gasteiger partial charge in [0.05, 0.1) is 4.90 Å². The van der Waals surface area contributed by atoms with E-state index in [4.69, 9.17) is 4.18 Å². The maximum absolute atomic E-state index is 12.1. The first kappa shape index (κ1) is 14.2. The molecule has 0 aliphatic heterocycles. The summed E-state index contributed by atoms with van der Waals surface area (Å²) >= 11 is 3.29. The Hall–Kier alpha value is -1.17. The Balaban J connectivity index is 2.24. The molecule has 0 saturated heterocycles. The van der Waals surface area contributed by atoms with Crippen LogP contribution in [0.15, 0.2) is 65.6 Å². The molecule has 100 valence electrons. The Bertz CT molecular complexity index is 612. The van der Waals surface area contributed by atoms with E-state index in [1.54, 1.807) is 18.2 Å². The molecule has 0 aliphatic rings. The third-order valence-corrected chi connectivity index (χ3v) is 4.51. The van der Waals surface area contributed by atoms with Crippen molar-refractivity contribution in [2.75, 3.05) is 5.33 Å². The number of benzene rings is 2. The zero-order chi connectivity index (χ0) is 13.7. The normalized spacial score (nSPS) is 13.1. The molecule has 5 heteroatoms. The minimum Gasteiger partial charge on any atom is -0.257 e. The van der Waals surface area contributed by atoms with Gasteiger partial charge in [0.2, 0.25) is 0 Å². The second-order valence-corrected chi connectivity index (χ2v) is 6.14. The summed E-state index contributed by atoms with van der Waals surface area (Å²) in [6.07, 6.45) is -0.536. The van der Waals surface area contributed by atoms with Crippen LogP contribution in [0.5, 0.6) is 0 Å². The molecule has 0 radical (unpaired) electrons. The predicted molar refractivity (Wildman–Crippen MR) is 77.7 cm³/mol. The van der Waals surface area contributed by atoms with Gasteiger partial charge in [-0.2, -0.15) is 8.42 Å². The van der Waals surface area contributed by atoms with Gasteiger partial charge in [-0.25, -0.2) is 0 Å². The largest absolute Gasteiger partial charge is 0.297 e. The van der Waals surface area contributed by atoms with Crippen LogP contribution in [0, 0.1) is 0 Å². The SMILES string of the molecule is O=S(=O)(OC(CBr)c1ccccc1)c1ccccc1. The fraction of sp³-hybridized carbons (Fsp3) is 0.143. The van der Waals surface area contributed by atoms with E-state index in [0.29, 0.717) is 5.33 Å². The average molecular weight is 341 g/mol. The van der Waals surface area contributed by atoms with Crippen LogP contribution in [0.3, 0.4) is 0 Å². The molecule has 2 aromatic carbocycles. The molecule has 0 bridgehead atoms. The van der Waals surface area contributed by atoms with Gasteiger partial charge in [0.25, 0.3) is 10.1 Å². The Morgan fingerprint density at radius 2 is 1.47 bits per heavy atom. The van der Waals surface area contributed by atoms with Crippen molar-refractivity contribution >= 4 is 26.0 Å². The van der Waals surface area contributed by atoms with Crippen molar-refractivity contribution in [1.29, 1.82) is 0 Å². The topological polar surface area (TPSA) is 43.4 Å². The van der Waals surface area contributed by atoms with E-state index >= 15 is 0 Å². The van der Waals surface area contributed by atoms with Crippen LogP contribution in [-0.4, -0.2) is 13.7 Å². The van der Waals surface area contributed by atoms with Gasteiger partial charge in [-0.15, -0.1) is 0 Å². The minimum atomic E-state index is -3.75. The summed E-state index contributed by atoms with van der Waals surface area (Å²) in [6, 6.07) is 17.4. The summed E-state index contributed by atoms with van der Waals surface area (Å²) in [5.74, 6) is 0. The molecule has 0 aromatic heterocycles. The van der Waals surface area contributed by atoms with Crippen molar-refractivity contribution in [3.8, 4) is 0 Å². The van der Waals surface area contributed by atoms with Crippen molar-refractivity contribution in [3.63, 3.8) is 0 Å². The summed E-state index contributed by atoms with van der Waals surface area (Å²) in [6.45, 7) is 0. The Labute approximate surface area is 121 Å². The van der Waals surface area contributed by atoms with Crippen LogP contribution in [0.2, 0.25) is 0 Å². The maximum atomic E-state index is 12.1. The van der Waals surface area contributed by atoms with E-state index in [2.05, 4.69) is 15.9 Å². The van der Waals surface area contributed by atoms with Gasteiger partial charge in [0, 0.05) is 5.33 Å². The van der Waals surface area contributed by atoms with E-state index in [9.17, 15) is 8.42 Å². The van der Waals surface area contributed by atoms with Crippen molar-refractivity contribution in [1.82, 2.24) is 0 Å². The highest BCUT2D eigenvalue weighted by atomic mass is 79.9. The zero-order valence-electron chi connectivity index (χ0n) is 10.1. The van der Waals surface area contributed by atoms with Gasteiger partial charge < -0.3 is 0 Å². The van der Waals surface area contributed by atoms with E-state index in [1.807, 2.05) is 30.3 Å². The first-order valence-corrected chi connectivity index (χ1v) is 8.26. The van der Waals surface area contributed by atoms with E-state index < -0.39 is 16.2 Å². The summed E-state index contributed by atoms with van der Waals surface area (Å²) in [5.41, 5.74) is 0.818. The average Bonchev–Trinajstić information content (AvgIpc) is 2.47. The van der Waals surface area contributed by atoms with Crippen LogP contribution in [0.25, 0.3) is 0 Å². The second-order valence-electron chi connectivity index (χ2n) is 3.92. The highest BCUT2D eigenvalue weighted by molar-refractivity contribution is 9.09. The van der Waals surface area contributed by atoms with E-state index in [-0.39, 0.29) is 4.90 Å². The molecule has 0 spiro atoms. The standard InChI is InChI=1S/C14H13BrO3S/c15-11-14(12-7-3-1-4-8-12)18-19(16,17)13-9-5-2-6-10-13/h1-10,14H,11H2. The fourth-order valence-corrected chi connectivity index (χ4v) is 3.40. The lowest BCUT2D eigenvalue weighted by Gasteiger charge is -2.15. The van der Waals surface area contributed by atoms with Crippen LogP contribution in [0.4, 0.5) is 0 Å². The van der Waals surface area contributed by atoms with Crippen LogP contribution in [0.1, 0.15) is 11.7 Å². The van der Waals surface area contributed by atoms with Crippen LogP contribution >= 0.6 is 15.9 Å². The van der Waals surface area contributed by atoms with Crippen molar-refractivity contribution in [2.45, 2.75) is 11.0 Å². The first-order chi connectivity index (χ1) is 9.13. The van der Waals surface area contributed by atoms with Gasteiger partial charge in [-0.05, 0) is 17.7 Å². The van der Waals surface area contributed by atoms with Gasteiger partial charge in [-0.3, -0.25) is 4.18 Å². The Kier molecular flexibility index (Phi) is 4.74. The molecule has 0 heterocycles. The van der Waals surface area contributed by atoms with Crippen molar-refractivity contribution in [2.24, 2.45) is 0 Å². The minimum absolute atomic E-state index is 0.164. The number of rotatable bonds is 5. The fourth-order valence-electron chi connectivity index (χ4n) is 1.63. The molecule has 0 saturated carbocycles. The zero-order valence-corrected chi connectivity index (χ0v) is 12.5. The summed E-state index contributed by atoms with van der Waals surface area (Å²) in [7, 11) is -3.75. The second kappa shape index (κ2) is 6.32. The lowest BCUT2D eigenvalue weighted by atomic mass is 10.1. The molecule has 1 atom stereocenters. The molecule has 0 aliphatic carbocycles. The molecular weight excluding hydrogens is 328 g/mol. The number of alkyl halides is 1. The number of halogens is 1. The molecule has 2 aromatic rings. The van der Waals surface area contributed by atoms with E-state index in [0.717, 1.165) is 5.56 Å². The lowest BCUT2D eigenvalue weighted by Crippen LogP contribution is -2.13. The van der Waals surface area contributed by atoms with Crippen LogP contribution in [-0.2, 0) is 14.3 Å². The van der Waals surface area contributed by atoms with Crippen LogP contribution < -0.4 is 0 Å². The smallest absolute Gasteiger partial charge is 0.257 e. The molecular formula is C14H13BrO3S. The monoisotopic (exact) mass is 340 g/mol. The van der Waals surface area contributed by atoms with Gasteiger partial charge >= 0.3 is 0 Å². The van der Waals surface area contributed by atoms with Gasteiger partial charge in [0.1, 0.15) is 6.10 Å². The molecule has 19 heavy (non-hydrogen) atoms. The quantitative estimate of drug-likeness (QED) is 0.617. The summed E-state index contributed by atoms with van der Waals surface area (Å²) < 4.78 is 29.5. The Morgan fingerprint density at radius 3 is 2.00 bits per heavy atom. The first-order valence-electron chi connectivity index (χ1n) is 5.73. The molecule has 3 nitrogen and oxygen atoms in total. The summed E-state index contributed by atoms with van der Waals surface area (Å²) in [5, 5.41) is 0.406. The highest BCUT2D eigenvalue weighted by Gasteiger charge is 2.22.